The van der Waals surface area contributed by atoms with E-state index in [4.69, 9.17) is 4.74 Å². The number of nitrogens with one attached hydrogen (secondary N) is 2. The second-order valence-electron chi connectivity index (χ2n) is 7.47. The number of aryl methyl sites for hydroxylation is 2. The van der Waals surface area contributed by atoms with Crippen molar-refractivity contribution in [1.82, 2.24) is 9.78 Å². The van der Waals surface area contributed by atoms with Crippen LogP contribution < -0.4 is 10.6 Å². The molecule has 2 aromatic carbocycles. The number of rotatable bonds is 5. The van der Waals surface area contributed by atoms with E-state index in [9.17, 15) is 14.4 Å². The molecule has 0 radical (unpaired) electrons. The fourth-order valence-electron chi connectivity index (χ4n) is 3.36. The molecule has 2 N–H and O–H groups in total. The topological polar surface area (TPSA) is 102 Å². The lowest BCUT2D eigenvalue weighted by atomic mass is 10.2. The molecule has 0 saturated heterocycles. The molecular weight excluding hydrogens is 428 g/mol. The number of amides is 2. The molecular formula is C23H22N4O4S. The SMILES string of the molecule is Cc1ccc(-n2nc(C)c(NC(=O)COC(=O)c3ccc4c(c3)NC(=O)CS4)c2C)cc1. The number of anilines is 2. The summed E-state index contributed by atoms with van der Waals surface area (Å²) in [6.07, 6.45) is 0. The number of benzene rings is 2. The zero-order chi connectivity index (χ0) is 22.8. The van der Waals surface area contributed by atoms with Gasteiger partial charge in [-0.05, 0) is 51.1 Å². The maximum atomic E-state index is 12.4. The van der Waals surface area contributed by atoms with Gasteiger partial charge in [0.2, 0.25) is 5.91 Å². The maximum absolute atomic E-state index is 12.4. The van der Waals surface area contributed by atoms with E-state index >= 15 is 0 Å². The summed E-state index contributed by atoms with van der Waals surface area (Å²) in [7, 11) is 0. The van der Waals surface area contributed by atoms with E-state index in [-0.39, 0.29) is 11.5 Å². The molecule has 1 aliphatic heterocycles. The summed E-state index contributed by atoms with van der Waals surface area (Å²) in [6, 6.07) is 12.8. The van der Waals surface area contributed by atoms with Gasteiger partial charge in [-0.3, -0.25) is 9.59 Å². The van der Waals surface area contributed by atoms with Gasteiger partial charge in [-0.1, -0.05) is 17.7 Å². The number of ether oxygens (including phenoxy) is 1. The van der Waals surface area contributed by atoms with Crippen molar-refractivity contribution in [2.45, 2.75) is 25.7 Å². The van der Waals surface area contributed by atoms with E-state index in [1.807, 2.05) is 38.1 Å². The van der Waals surface area contributed by atoms with Gasteiger partial charge in [-0.2, -0.15) is 5.10 Å². The van der Waals surface area contributed by atoms with Crippen molar-refractivity contribution in [2.24, 2.45) is 0 Å². The average molecular weight is 451 g/mol. The summed E-state index contributed by atoms with van der Waals surface area (Å²) < 4.78 is 6.93. The Bertz CT molecular complexity index is 1220. The third-order valence-electron chi connectivity index (χ3n) is 5.02. The largest absolute Gasteiger partial charge is 0.452 e. The van der Waals surface area contributed by atoms with Crippen molar-refractivity contribution in [3.63, 3.8) is 0 Å². The minimum atomic E-state index is -0.642. The number of hydrogen-bond acceptors (Lipinski definition) is 6. The lowest BCUT2D eigenvalue weighted by Crippen LogP contribution is -2.22. The number of aromatic nitrogens is 2. The fraction of sp³-hybridized carbons (Fsp3) is 0.217. The van der Waals surface area contributed by atoms with Crippen molar-refractivity contribution >= 4 is 40.9 Å². The van der Waals surface area contributed by atoms with Gasteiger partial charge in [-0.25, -0.2) is 9.48 Å². The van der Waals surface area contributed by atoms with Crippen LogP contribution in [-0.4, -0.2) is 39.9 Å². The van der Waals surface area contributed by atoms with E-state index in [0.717, 1.165) is 21.8 Å². The van der Waals surface area contributed by atoms with Crippen molar-refractivity contribution in [3.8, 4) is 5.69 Å². The Morgan fingerprint density at radius 3 is 2.66 bits per heavy atom. The zero-order valence-electron chi connectivity index (χ0n) is 17.9. The molecule has 0 saturated carbocycles. The van der Waals surface area contributed by atoms with E-state index in [0.29, 0.717) is 22.8 Å². The Labute approximate surface area is 189 Å². The van der Waals surface area contributed by atoms with Crippen LogP contribution in [0.25, 0.3) is 5.69 Å². The van der Waals surface area contributed by atoms with Crippen LogP contribution >= 0.6 is 11.8 Å². The second kappa shape index (κ2) is 8.88. The van der Waals surface area contributed by atoms with Crippen molar-refractivity contribution in [2.75, 3.05) is 23.0 Å². The normalized spacial score (nSPS) is 12.7. The fourth-order valence-corrected chi connectivity index (χ4v) is 4.15. The van der Waals surface area contributed by atoms with Gasteiger partial charge in [0.15, 0.2) is 6.61 Å². The average Bonchev–Trinajstić information content (AvgIpc) is 3.05. The van der Waals surface area contributed by atoms with Crippen LogP contribution in [-0.2, 0) is 14.3 Å². The highest BCUT2D eigenvalue weighted by molar-refractivity contribution is 8.00. The molecule has 1 aromatic heterocycles. The summed E-state index contributed by atoms with van der Waals surface area (Å²) in [5.74, 6) is -0.883. The molecule has 3 aromatic rings. The number of hydrogen-bond donors (Lipinski definition) is 2. The molecule has 0 unspecified atom stereocenters. The van der Waals surface area contributed by atoms with Crippen LogP contribution in [0.15, 0.2) is 47.4 Å². The Balaban J connectivity index is 1.40. The summed E-state index contributed by atoms with van der Waals surface area (Å²) in [5.41, 5.74) is 4.88. The quantitative estimate of drug-likeness (QED) is 0.576. The molecule has 1 aliphatic rings. The molecule has 0 fully saturated rings. The molecule has 2 heterocycles. The van der Waals surface area contributed by atoms with Crippen LogP contribution in [0, 0.1) is 20.8 Å². The van der Waals surface area contributed by atoms with E-state index in [1.165, 1.54) is 11.8 Å². The van der Waals surface area contributed by atoms with Crippen LogP contribution in [0.4, 0.5) is 11.4 Å². The third kappa shape index (κ3) is 4.52. The summed E-state index contributed by atoms with van der Waals surface area (Å²) >= 11 is 1.40. The minimum absolute atomic E-state index is 0.121. The summed E-state index contributed by atoms with van der Waals surface area (Å²) in [6.45, 7) is 5.24. The molecule has 8 nitrogen and oxygen atoms in total. The maximum Gasteiger partial charge on any atom is 0.338 e. The lowest BCUT2D eigenvalue weighted by Gasteiger charge is -2.16. The van der Waals surface area contributed by atoms with Gasteiger partial charge in [0.25, 0.3) is 5.91 Å². The number of carbonyl (C=O) groups excluding carboxylic acids is 3. The lowest BCUT2D eigenvalue weighted by molar-refractivity contribution is -0.119. The van der Waals surface area contributed by atoms with Crippen LogP contribution in [0.1, 0.15) is 27.3 Å². The van der Waals surface area contributed by atoms with Gasteiger partial charge in [0, 0.05) is 4.90 Å². The first-order valence-corrected chi connectivity index (χ1v) is 11.0. The first-order chi connectivity index (χ1) is 15.3. The molecule has 164 valence electrons. The van der Waals surface area contributed by atoms with Crippen molar-refractivity contribution in [3.05, 3.63) is 65.0 Å². The highest BCUT2D eigenvalue weighted by Gasteiger charge is 2.19. The van der Waals surface area contributed by atoms with Gasteiger partial charge < -0.3 is 15.4 Å². The van der Waals surface area contributed by atoms with Gasteiger partial charge >= 0.3 is 5.97 Å². The molecule has 0 aliphatic carbocycles. The highest BCUT2D eigenvalue weighted by atomic mass is 32.2. The molecule has 0 bridgehead atoms. The minimum Gasteiger partial charge on any atom is -0.452 e. The molecule has 0 atom stereocenters. The molecule has 2 amide bonds. The molecule has 0 spiro atoms. The predicted molar refractivity (Wildman–Crippen MR) is 122 cm³/mol. The number of thioether (sulfide) groups is 1. The first kappa shape index (κ1) is 21.6. The third-order valence-corrected chi connectivity index (χ3v) is 6.09. The molecule has 32 heavy (non-hydrogen) atoms. The predicted octanol–water partition coefficient (Wildman–Crippen LogP) is 3.64. The Kier molecular flexibility index (Phi) is 6.00. The van der Waals surface area contributed by atoms with Crippen molar-refractivity contribution < 1.29 is 19.1 Å². The number of carbonyl (C=O) groups is 3. The summed E-state index contributed by atoms with van der Waals surface area (Å²) in [5, 5.41) is 10.0. The number of esters is 1. The second-order valence-corrected chi connectivity index (χ2v) is 8.48. The van der Waals surface area contributed by atoms with Crippen molar-refractivity contribution in [1.29, 1.82) is 0 Å². The molecule has 4 rings (SSSR count). The van der Waals surface area contributed by atoms with Crippen LogP contribution in [0.3, 0.4) is 0 Å². The molecule has 9 heteroatoms. The van der Waals surface area contributed by atoms with Crippen LogP contribution in [0.5, 0.6) is 0 Å². The number of nitrogens with zero attached hydrogens (tertiary/aromatic N) is 2. The zero-order valence-corrected chi connectivity index (χ0v) is 18.7. The Morgan fingerprint density at radius 1 is 1.16 bits per heavy atom. The monoisotopic (exact) mass is 450 g/mol. The Hall–Kier alpha value is -3.59. The highest BCUT2D eigenvalue weighted by Crippen LogP contribution is 2.32. The Morgan fingerprint density at radius 2 is 1.91 bits per heavy atom. The van der Waals surface area contributed by atoms with E-state index in [1.54, 1.807) is 29.8 Å². The van der Waals surface area contributed by atoms with E-state index in [2.05, 4.69) is 15.7 Å². The number of fused-ring (bicyclic) bond motifs is 1. The van der Waals surface area contributed by atoms with Gasteiger partial charge in [0.1, 0.15) is 0 Å². The van der Waals surface area contributed by atoms with Crippen LogP contribution in [0.2, 0.25) is 0 Å². The smallest absolute Gasteiger partial charge is 0.338 e. The summed E-state index contributed by atoms with van der Waals surface area (Å²) in [4.78, 5) is 37.2. The first-order valence-electron chi connectivity index (χ1n) is 9.99. The van der Waals surface area contributed by atoms with E-state index < -0.39 is 18.5 Å². The van der Waals surface area contributed by atoms with Gasteiger partial charge in [0.05, 0.1) is 39.8 Å². The standard InChI is InChI=1S/C23H22N4O4S/c1-13-4-7-17(8-5-13)27-15(3)22(14(2)26-27)25-20(28)11-31-23(30)16-6-9-19-18(10-16)24-21(29)12-32-19/h4-10H,11-12H2,1-3H3,(H,24,29)(H,25,28). The van der Waals surface area contributed by atoms with Gasteiger partial charge in [-0.15, -0.1) is 11.8 Å².